The molecule has 0 radical (unpaired) electrons. The van der Waals surface area contributed by atoms with Crippen LogP contribution >= 0.6 is 0 Å². The number of hydrogen-bond acceptors (Lipinski definition) is 3. The van der Waals surface area contributed by atoms with Gasteiger partial charge in [-0.3, -0.25) is 0 Å². The van der Waals surface area contributed by atoms with E-state index >= 15 is 0 Å². The molecule has 0 bridgehead atoms. The molecular weight excluding hydrogens is 284 g/mol. The van der Waals surface area contributed by atoms with Gasteiger partial charge in [0.25, 0.3) is 0 Å². The summed E-state index contributed by atoms with van der Waals surface area (Å²) in [6, 6.07) is 9.40. The lowest BCUT2D eigenvalue weighted by Crippen LogP contribution is -2.17. The molecule has 1 unspecified atom stereocenters. The molecule has 0 saturated heterocycles. The van der Waals surface area contributed by atoms with Crippen molar-refractivity contribution in [1.29, 1.82) is 10.5 Å². The van der Waals surface area contributed by atoms with Crippen molar-refractivity contribution in [2.75, 3.05) is 0 Å². The van der Waals surface area contributed by atoms with E-state index in [9.17, 15) is 5.26 Å². The maximum Gasteiger partial charge on any atom is 0.138 e. The van der Waals surface area contributed by atoms with Crippen molar-refractivity contribution in [3.8, 4) is 17.9 Å². The van der Waals surface area contributed by atoms with E-state index < -0.39 is 0 Å². The second-order valence-electron chi connectivity index (χ2n) is 5.99. The van der Waals surface area contributed by atoms with Crippen LogP contribution in [0.1, 0.15) is 82.8 Å². The summed E-state index contributed by atoms with van der Waals surface area (Å²) in [6.45, 7) is 4.38. The molecule has 3 nitrogen and oxygen atoms in total. The van der Waals surface area contributed by atoms with Crippen molar-refractivity contribution in [2.24, 2.45) is 0 Å². The molecule has 0 fully saturated rings. The van der Waals surface area contributed by atoms with Gasteiger partial charge in [0.1, 0.15) is 23.5 Å². The minimum Gasteiger partial charge on any atom is -0.489 e. The second-order valence-corrected chi connectivity index (χ2v) is 5.99. The zero-order chi connectivity index (χ0) is 16.9. The average molecular weight is 312 g/mol. The molecule has 1 atom stereocenters. The van der Waals surface area contributed by atoms with Crippen LogP contribution in [0, 0.1) is 22.7 Å². The number of rotatable bonds is 11. The third kappa shape index (κ3) is 6.74. The van der Waals surface area contributed by atoms with E-state index in [1.165, 1.54) is 32.1 Å². The summed E-state index contributed by atoms with van der Waals surface area (Å²) in [5, 5.41) is 18.4. The maximum absolute atomic E-state index is 9.29. The van der Waals surface area contributed by atoms with E-state index in [4.69, 9.17) is 10.00 Å². The monoisotopic (exact) mass is 312 g/mol. The molecule has 124 valence electrons. The fourth-order valence-corrected chi connectivity index (χ4v) is 2.75. The number of hydrogen-bond donors (Lipinski definition) is 0. The quantitative estimate of drug-likeness (QED) is 0.490. The zero-order valence-corrected chi connectivity index (χ0v) is 14.5. The van der Waals surface area contributed by atoms with Gasteiger partial charge in [0.15, 0.2) is 0 Å². The van der Waals surface area contributed by atoms with Gasteiger partial charge in [-0.05, 0) is 31.4 Å². The molecule has 1 aromatic rings. The van der Waals surface area contributed by atoms with Crippen LogP contribution in [0.2, 0.25) is 0 Å². The molecule has 0 aliphatic rings. The maximum atomic E-state index is 9.29. The number of unbranched alkanes of at least 4 members (excludes halogenated alkanes) is 5. The van der Waals surface area contributed by atoms with Gasteiger partial charge in [0.05, 0.1) is 11.7 Å². The van der Waals surface area contributed by atoms with Crippen molar-refractivity contribution in [2.45, 2.75) is 77.7 Å². The van der Waals surface area contributed by atoms with Gasteiger partial charge < -0.3 is 4.74 Å². The summed E-state index contributed by atoms with van der Waals surface area (Å²) >= 11 is 0. The molecule has 0 N–H and O–H groups in total. The number of ether oxygens (including phenoxy) is 1. The van der Waals surface area contributed by atoms with Crippen LogP contribution in [0.3, 0.4) is 0 Å². The van der Waals surface area contributed by atoms with Gasteiger partial charge in [-0.2, -0.15) is 10.5 Å². The molecule has 0 aliphatic carbocycles. The highest BCUT2D eigenvalue weighted by Gasteiger charge is 2.14. The van der Waals surface area contributed by atoms with Gasteiger partial charge in [-0.1, -0.05) is 58.4 Å². The standard InChI is InChI=1S/C20H28N2O/c1-3-5-6-7-8-9-13-18(11-4-2)23-20-14-10-12-17(15-21)19(20)16-22/h10,12,14,18H,3-9,11,13H2,1-2H3. The smallest absolute Gasteiger partial charge is 0.138 e. The third-order valence-electron chi connectivity index (χ3n) is 4.04. The lowest BCUT2D eigenvalue weighted by Gasteiger charge is -2.19. The van der Waals surface area contributed by atoms with E-state index in [0.717, 1.165) is 25.7 Å². The van der Waals surface area contributed by atoms with Gasteiger partial charge in [-0.25, -0.2) is 0 Å². The van der Waals surface area contributed by atoms with Gasteiger partial charge in [0.2, 0.25) is 0 Å². The first kappa shape index (κ1) is 19.0. The lowest BCUT2D eigenvalue weighted by atomic mass is 10.0. The van der Waals surface area contributed by atoms with Crippen LogP contribution in [0.15, 0.2) is 18.2 Å². The van der Waals surface area contributed by atoms with Crippen LogP contribution in [-0.2, 0) is 0 Å². The van der Waals surface area contributed by atoms with E-state index in [2.05, 4.69) is 26.0 Å². The van der Waals surface area contributed by atoms with Crippen LogP contribution < -0.4 is 4.74 Å². The van der Waals surface area contributed by atoms with E-state index in [-0.39, 0.29) is 6.10 Å². The molecule has 0 amide bonds. The van der Waals surface area contributed by atoms with E-state index in [0.29, 0.717) is 16.9 Å². The molecule has 0 spiro atoms. The molecule has 23 heavy (non-hydrogen) atoms. The van der Waals surface area contributed by atoms with Crippen molar-refractivity contribution >= 4 is 0 Å². The summed E-state index contributed by atoms with van der Waals surface area (Å²) < 4.78 is 6.07. The van der Waals surface area contributed by atoms with Gasteiger partial charge >= 0.3 is 0 Å². The van der Waals surface area contributed by atoms with Crippen molar-refractivity contribution in [3.05, 3.63) is 29.3 Å². The Labute approximate surface area is 140 Å². The Morgan fingerprint density at radius 3 is 2.30 bits per heavy atom. The molecule has 3 heteroatoms. The topological polar surface area (TPSA) is 56.8 Å². The summed E-state index contributed by atoms with van der Waals surface area (Å²) in [4.78, 5) is 0. The van der Waals surface area contributed by atoms with Crippen molar-refractivity contribution < 1.29 is 4.74 Å². The Hall–Kier alpha value is -2.00. The van der Waals surface area contributed by atoms with E-state index in [1.807, 2.05) is 0 Å². The summed E-state index contributed by atoms with van der Waals surface area (Å²) in [7, 11) is 0. The molecule has 0 saturated carbocycles. The highest BCUT2D eigenvalue weighted by atomic mass is 16.5. The van der Waals surface area contributed by atoms with Crippen molar-refractivity contribution in [3.63, 3.8) is 0 Å². The molecule has 0 heterocycles. The van der Waals surface area contributed by atoms with Crippen LogP contribution in [-0.4, -0.2) is 6.10 Å². The first-order valence-electron chi connectivity index (χ1n) is 8.86. The fraction of sp³-hybridized carbons (Fsp3) is 0.600. The Kier molecular flexibility index (Phi) is 9.57. The minimum absolute atomic E-state index is 0.132. The highest BCUT2D eigenvalue weighted by Crippen LogP contribution is 2.25. The summed E-state index contributed by atoms with van der Waals surface area (Å²) in [5.41, 5.74) is 0.749. The minimum atomic E-state index is 0.132. The Morgan fingerprint density at radius 2 is 1.65 bits per heavy atom. The number of benzene rings is 1. The first-order chi connectivity index (χ1) is 11.3. The SMILES string of the molecule is CCCCCCCCC(CCC)Oc1cccc(C#N)c1C#N. The Bertz CT molecular complexity index is 540. The highest BCUT2D eigenvalue weighted by molar-refractivity contribution is 5.53. The molecular formula is C20H28N2O. The molecule has 1 rings (SSSR count). The Morgan fingerprint density at radius 1 is 0.913 bits per heavy atom. The number of nitriles is 2. The molecule has 0 aliphatic heterocycles. The predicted molar refractivity (Wildman–Crippen MR) is 93.2 cm³/mol. The fourth-order valence-electron chi connectivity index (χ4n) is 2.75. The second kappa shape index (κ2) is 11.6. The van der Waals surface area contributed by atoms with Gasteiger partial charge in [-0.15, -0.1) is 0 Å². The Balaban J connectivity index is 2.59. The van der Waals surface area contributed by atoms with Crippen LogP contribution in [0.5, 0.6) is 5.75 Å². The van der Waals surface area contributed by atoms with E-state index in [1.54, 1.807) is 18.2 Å². The number of nitrogens with zero attached hydrogens (tertiary/aromatic N) is 2. The normalized spacial score (nSPS) is 11.5. The summed E-state index contributed by atoms with van der Waals surface area (Å²) in [6.07, 6.45) is 10.8. The van der Waals surface area contributed by atoms with Crippen molar-refractivity contribution in [1.82, 2.24) is 0 Å². The third-order valence-corrected chi connectivity index (χ3v) is 4.04. The largest absolute Gasteiger partial charge is 0.489 e. The molecule has 1 aromatic carbocycles. The predicted octanol–water partition coefficient (Wildman–Crippen LogP) is 5.73. The average Bonchev–Trinajstić information content (AvgIpc) is 2.57. The van der Waals surface area contributed by atoms with Crippen LogP contribution in [0.25, 0.3) is 0 Å². The van der Waals surface area contributed by atoms with Gasteiger partial charge in [0, 0.05) is 0 Å². The zero-order valence-electron chi connectivity index (χ0n) is 14.5. The first-order valence-corrected chi connectivity index (χ1v) is 8.86. The molecule has 0 aromatic heterocycles. The summed E-state index contributed by atoms with van der Waals surface area (Å²) in [5.74, 6) is 0.552. The van der Waals surface area contributed by atoms with Crippen LogP contribution in [0.4, 0.5) is 0 Å². The lowest BCUT2D eigenvalue weighted by molar-refractivity contribution is 0.175.